The van der Waals surface area contributed by atoms with E-state index in [1.165, 1.54) is 42.4 Å². The molecule has 2 N–H and O–H groups in total. The third-order valence-corrected chi connectivity index (χ3v) is 4.19. The quantitative estimate of drug-likeness (QED) is 0.849. The van der Waals surface area contributed by atoms with Crippen LogP contribution < -0.4 is 10.6 Å². The van der Waals surface area contributed by atoms with Gasteiger partial charge in [-0.15, -0.1) is 0 Å². The van der Waals surface area contributed by atoms with Gasteiger partial charge in [0.05, 0.1) is 0 Å². The highest BCUT2D eigenvalue weighted by Crippen LogP contribution is 2.34. The second-order valence-electron chi connectivity index (χ2n) is 5.67. The summed E-state index contributed by atoms with van der Waals surface area (Å²) in [7, 11) is 1.66. The van der Waals surface area contributed by atoms with Crippen LogP contribution in [0.3, 0.4) is 0 Å². The van der Waals surface area contributed by atoms with Gasteiger partial charge >= 0.3 is 6.03 Å². The van der Waals surface area contributed by atoms with Crippen LogP contribution in [0.2, 0.25) is 0 Å². The Hall–Kier alpha value is -1.51. The second-order valence-corrected chi connectivity index (χ2v) is 5.67. The molecule has 1 atom stereocenters. The maximum Gasteiger partial charge on any atom is 0.314 e. The molecular formula is C17H26N2O. The SMILES string of the molecule is CCCc1ccc2c(c1)C(CCNC(=O)NC)CCC2. The lowest BCUT2D eigenvalue weighted by atomic mass is 9.80. The maximum atomic E-state index is 11.2. The van der Waals surface area contributed by atoms with Crippen LogP contribution in [0, 0.1) is 0 Å². The first-order valence-corrected chi connectivity index (χ1v) is 7.82. The molecule has 0 fully saturated rings. The van der Waals surface area contributed by atoms with Crippen molar-refractivity contribution in [2.75, 3.05) is 13.6 Å². The third kappa shape index (κ3) is 3.75. The molecule has 0 aliphatic heterocycles. The number of hydrogen-bond acceptors (Lipinski definition) is 1. The van der Waals surface area contributed by atoms with Gasteiger partial charge in [0.25, 0.3) is 0 Å². The standard InChI is InChI=1S/C17H26N2O/c1-3-5-13-8-9-14-6-4-7-15(16(14)12-13)10-11-19-17(20)18-2/h8-9,12,15H,3-7,10-11H2,1-2H3,(H2,18,19,20). The van der Waals surface area contributed by atoms with E-state index in [0.717, 1.165) is 19.4 Å². The van der Waals surface area contributed by atoms with Crippen LogP contribution in [0.15, 0.2) is 18.2 Å². The Balaban J connectivity index is 2.02. The van der Waals surface area contributed by atoms with Crippen LogP contribution >= 0.6 is 0 Å². The van der Waals surface area contributed by atoms with Crippen molar-refractivity contribution in [3.63, 3.8) is 0 Å². The molecule has 1 aromatic carbocycles. The predicted octanol–water partition coefficient (Wildman–Crippen LogP) is 3.38. The average molecular weight is 274 g/mol. The highest BCUT2D eigenvalue weighted by atomic mass is 16.2. The molecule has 0 spiro atoms. The predicted molar refractivity (Wildman–Crippen MR) is 83.2 cm³/mol. The van der Waals surface area contributed by atoms with Gasteiger partial charge in [-0.05, 0) is 54.7 Å². The van der Waals surface area contributed by atoms with Crippen molar-refractivity contribution in [1.29, 1.82) is 0 Å². The molecule has 0 aromatic heterocycles. The number of rotatable bonds is 5. The molecule has 0 saturated carbocycles. The van der Waals surface area contributed by atoms with E-state index in [4.69, 9.17) is 0 Å². The highest BCUT2D eigenvalue weighted by Gasteiger charge is 2.20. The Morgan fingerprint density at radius 1 is 1.40 bits per heavy atom. The number of carbonyl (C=O) groups is 1. The fourth-order valence-corrected chi connectivity index (χ4v) is 3.14. The molecule has 0 saturated heterocycles. The zero-order chi connectivity index (χ0) is 14.4. The lowest BCUT2D eigenvalue weighted by Crippen LogP contribution is -2.34. The van der Waals surface area contributed by atoms with Gasteiger partial charge in [0.1, 0.15) is 0 Å². The molecule has 3 heteroatoms. The first-order valence-electron chi connectivity index (χ1n) is 7.82. The fourth-order valence-electron chi connectivity index (χ4n) is 3.14. The van der Waals surface area contributed by atoms with E-state index in [2.05, 4.69) is 35.8 Å². The number of hydrogen-bond donors (Lipinski definition) is 2. The lowest BCUT2D eigenvalue weighted by molar-refractivity contribution is 0.242. The van der Waals surface area contributed by atoms with Gasteiger partial charge in [-0.3, -0.25) is 0 Å². The summed E-state index contributed by atoms with van der Waals surface area (Å²) < 4.78 is 0. The summed E-state index contributed by atoms with van der Waals surface area (Å²) in [5.74, 6) is 0.604. The number of fused-ring (bicyclic) bond motifs is 1. The van der Waals surface area contributed by atoms with Gasteiger partial charge in [-0.25, -0.2) is 4.79 Å². The molecular weight excluding hydrogens is 248 g/mol. The van der Waals surface area contributed by atoms with E-state index in [1.54, 1.807) is 7.05 Å². The monoisotopic (exact) mass is 274 g/mol. The number of benzene rings is 1. The maximum absolute atomic E-state index is 11.2. The average Bonchev–Trinajstić information content (AvgIpc) is 2.47. The van der Waals surface area contributed by atoms with Crippen LogP contribution in [0.1, 0.15) is 55.2 Å². The topological polar surface area (TPSA) is 41.1 Å². The van der Waals surface area contributed by atoms with E-state index in [9.17, 15) is 4.79 Å². The largest absolute Gasteiger partial charge is 0.341 e. The third-order valence-electron chi connectivity index (χ3n) is 4.19. The zero-order valence-corrected chi connectivity index (χ0v) is 12.7. The molecule has 0 heterocycles. The highest BCUT2D eigenvalue weighted by molar-refractivity contribution is 5.73. The second kappa shape index (κ2) is 7.32. The van der Waals surface area contributed by atoms with Crippen LogP contribution in [-0.4, -0.2) is 19.6 Å². The molecule has 1 unspecified atom stereocenters. The van der Waals surface area contributed by atoms with E-state index in [0.29, 0.717) is 5.92 Å². The van der Waals surface area contributed by atoms with Gasteiger partial charge in [-0.1, -0.05) is 31.5 Å². The van der Waals surface area contributed by atoms with Crippen molar-refractivity contribution in [2.45, 2.75) is 51.4 Å². The lowest BCUT2D eigenvalue weighted by Gasteiger charge is -2.26. The van der Waals surface area contributed by atoms with Gasteiger partial charge in [0.2, 0.25) is 0 Å². The van der Waals surface area contributed by atoms with E-state index in [1.807, 2.05) is 0 Å². The van der Waals surface area contributed by atoms with E-state index in [-0.39, 0.29) is 6.03 Å². The van der Waals surface area contributed by atoms with Gasteiger partial charge < -0.3 is 10.6 Å². The Kier molecular flexibility index (Phi) is 5.45. The number of aryl methyl sites for hydroxylation is 2. The number of urea groups is 1. The van der Waals surface area contributed by atoms with Gasteiger partial charge in [0.15, 0.2) is 0 Å². The van der Waals surface area contributed by atoms with Crippen molar-refractivity contribution >= 4 is 6.03 Å². The minimum Gasteiger partial charge on any atom is -0.341 e. The molecule has 1 aliphatic carbocycles. The van der Waals surface area contributed by atoms with Crippen molar-refractivity contribution in [1.82, 2.24) is 10.6 Å². The van der Waals surface area contributed by atoms with Crippen LogP contribution in [0.4, 0.5) is 4.79 Å². The molecule has 110 valence electrons. The minimum absolute atomic E-state index is 0.0826. The number of amides is 2. The summed E-state index contributed by atoms with van der Waals surface area (Å²) in [6.45, 7) is 2.98. The molecule has 1 aromatic rings. The molecule has 20 heavy (non-hydrogen) atoms. The van der Waals surface area contributed by atoms with Gasteiger partial charge in [0, 0.05) is 13.6 Å². The molecule has 2 rings (SSSR count). The number of nitrogens with one attached hydrogen (secondary N) is 2. The Morgan fingerprint density at radius 2 is 2.25 bits per heavy atom. The zero-order valence-electron chi connectivity index (χ0n) is 12.7. The van der Waals surface area contributed by atoms with Crippen molar-refractivity contribution < 1.29 is 4.79 Å². The Morgan fingerprint density at radius 3 is 3.00 bits per heavy atom. The molecule has 3 nitrogen and oxygen atoms in total. The summed E-state index contributed by atoms with van der Waals surface area (Å²) >= 11 is 0. The molecule has 0 bridgehead atoms. The summed E-state index contributed by atoms with van der Waals surface area (Å²) in [6.07, 6.45) is 7.12. The minimum atomic E-state index is -0.0826. The Labute approximate surface area is 122 Å². The van der Waals surface area contributed by atoms with Crippen LogP contribution in [-0.2, 0) is 12.8 Å². The van der Waals surface area contributed by atoms with Crippen LogP contribution in [0.25, 0.3) is 0 Å². The van der Waals surface area contributed by atoms with Crippen molar-refractivity contribution in [3.05, 3.63) is 34.9 Å². The van der Waals surface area contributed by atoms with Gasteiger partial charge in [-0.2, -0.15) is 0 Å². The summed E-state index contributed by atoms with van der Waals surface area (Å²) in [6, 6.07) is 6.93. The van der Waals surface area contributed by atoms with Crippen LogP contribution in [0.5, 0.6) is 0 Å². The van der Waals surface area contributed by atoms with E-state index >= 15 is 0 Å². The Bertz CT molecular complexity index is 456. The van der Waals surface area contributed by atoms with Crippen molar-refractivity contribution in [3.8, 4) is 0 Å². The summed E-state index contributed by atoms with van der Waals surface area (Å²) in [5, 5.41) is 5.50. The number of carbonyl (C=O) groups excluding carboxylic acids is 1. The summed E-state index contributed by atoms with van der Waals surface area (Å²) in [5.41, 5.74) is 4.50. The van der Waals surface area contributed by atoms with E-state index < -0.39 is 0 Å². The van der Waals surface area contributed by atoms with Crippen molar-refractivity contribution in [2.24, 2.45) is 0 Å². The summed E-state index contributed by atoms with van der Waals surface area (Å²) in [4.78, 5) is 11.2. The smallest absolute Gasteiger partial charge is 0.314 e. The first-order chi connectivity index (χ1) is 9.74. The first kappa shape index (κ1) is 14.9. The molecule has 0 radical (unpaired) electrons. The fraction of sp³-hybridized carbons (Fsp3) is 0.588. The normalized spacial score (nSPS) is 17.4. The molecule has 1 aliphatic rings. The molecule has 2 amide bonds.